The first-order valence-electron chi connectivity index (χ1n) is 8.04. The fourth-order valence-electron chi connectivity index (χ4n) is 1.06. The Balaban J connectivity index is -0.0000000731. The molecule has 36 heavy (non-hydrogen) atoms. The SMILES string of the molecule is C1CCCCC1.NP(=O)(O)O.NP(=O)(O)O.NP(=O)(O)O.NP(=O)(O)O.NP(=O)(O)O.NP(=O)(O)O. The molecule has 1 aliphatic rings. The second kappa shape index (κ2) is 23.5. The smallest absolute Gasteiger partial charge is 0.313 e. The Kier molecular flexibility index (Phi) is 32.4. The highest BCUT2D eigenvalue weighted by Crippen LogP contribution is 2.22. The van der Waals surface area contributed by atoms with Gasteiger partial charge in [-0.1, -0.05) is 38.5 Å². The summed E-state index contributed by atoms with van der Waals surface area (Å²) < 4.78 is 54.6. The van der Waals surface area contributed by atoms with Crippen LogP contribution in [-0.4, -0.2) is 58.7 Å². The molecular weight excluding hydrogens is 630 g/mol. The maximum absolute atomic E-state index is 9.10. The molecule has 1 rings (SSSR count). The first kappa shape index (κ1) is 49.6. The predicted octanol–water partition coefficient (Wildman–Crippen LogP) is -3.43. The largest absolute Gasteiger partial charge is 0.397 e. The minimum Gasteiger partial charge on any atom is -0.313 e. The summed E-state index contributed by atoms with van der Waals surface area (Å²) in [5.41, 5.74) is 24.1. The summed E-state index contributed by atoms with van der Waals surface area (Å²) in [6, 6.07) is 0. The van der Waals surface area contributed by atoms with Gasteiger partial charge in [-0.05, 0) is 0 Å². The standard InChI is InChI=1S/C6H12.6H4NO3P/c1-2-4-6-5-3-1;6*1-5(2,3)4/h1-6H2;6*(H4,1,2,3,4). The molecular formula is C6H36N6O18P6. The minimum atomic E-state index is -4.14. The maximum atomic E-state index is 9.10. The van der Waals surface area contributed by atoms with E-state index in [1.807, 2.05) is 0 Å². The highest BCUT2D eigenvalue weighted by Gasteiger charge is 1.99. The molecule has 0 aliphatic heterocycles. The molecule has 24 nitrogen and oxygen atoms in total. The molecule has 0 amide bonds. The van der Waals surface area contributed by atoms with E-state index in [0.29, 0.717) is 0 Å². The summed E-state index contributed by atoms with van der Waals surface area (Å²) in [4.78, 5) is 88.9. The molecule has 0 unspecified atom stereocenters. The summed E-state index contributed by atoms with van der Waals surface area (Å²) in [7, 11) is -24.8. The molecule has 24 N–H and O–H groups in total. The third-order valence-electron chi connectivity index (χ3n) is 1.50. The summed E-state index contributed by atoms with van der Waals surface area (Å²) in [5, 5.41) is 0. The molecule has 0 aromatic rings. The van der Waals surface area contributed by atoms with Crippen molar-refractivity contribution >= 4 is 46.5 Å². The van der Waals surface area contributed by atoms with Gasteiger partial charge < -0.3 is 58.7 Å². The molecule has 1 saturated carbocycles. The van der Waals surface area contributed by atoms with Crippen LogP contribution in [0.15, 0.2) is 0 Å². The third kappa shape index (κ3) is 885. The van der Waals surface area contributed by atoms with Crippen LogP contribution in [-0.2, 0) is 27.4 Å². The molecule has 30 heteroatoms. The lowest BCUT2D eigenvalue weighted by atomic mass is 10.0. The topological polar surface area (TPSA) is 501 Å². The van der Waals surface area contributed by atoms with Gasteiger partial charge in [-0.3, -0.25) is 0 Å². The van der Waals surface area contributed by atoms with Crippen molar-refractivity contribution < 1.29 is 86.1 Å². The molecule has 0 heterocycles. The van der Waals surface area contributed by atoms with Crippen LogP contribution < -0.4 is 33.0 Å². The zero-order valence-corrected chi connectivity index (χ0v) is 23.6. The second-order valence-electron chi connectivity index (χ2n) is 5.66. The van der Waals surface area contributed by atoms with Crippen molar-refractivity contribution in [2.75, 3.05) is 0 Å². The Bertz CT molecular complexity index is 570. The van der Waals surface area contributed by atoms with E-state index in [1.54, 1.807) is 0 Å². The first-order valence-corrected chi connectivity index (χ1v) is 18.1. The molecule has 1 fully saturated rings. The number of rotatable bonds is 0. The maximum Gasteiger partial charge on any atom is 0.397 e. The fraction of sp³-hybridized carbons (Fsp3) is 1.00. The van der Waals surface area contributed by atoms with E-state index in [0.717, 1.165) is 0 Å². The van der Waals surface area contributed by atoms with E-state index >= 15 is 0 Å². The minimum absolute atomic E-state index is 1.50. The van der Waals surface area contributed by atoms with Crippen molar-refractivity contribution in [2.45, 2.75) is 38.5 Å². The average Bonchev–Trinajstić information content (AvgIpc) is 2.37. The van der Waals surface area contributed by atoms with Crippen LogP contribution in [0.2, 0.25) is 0 Å². The Morgan fingerprint density at radius 1 is 0.278 bits per heavy atom. The van der Waals surface area contributed by atoms with Crippen LogP contribution in [0.25, 0.3) is 0 Å². The molecule has 0 aromatic heterocycles. The quantitative estimate of drug-likeness (QED) is 0.112. The molecule has 0 atom stereocenters. The van der Waals surface area contributed by atoms with Crippen molar-refractivity contribution in [3.8, 4) is 0 Å². The molecule has 0 spiro atoms. The lowest BCUT2D eigenvalue weighted by molar-refractivity contribution is 0.372. The number of hydrogen-bond acceptors (Lipinski definition) is 6. The molecule has 1 aliphatic carbocycles. The van der Waals surface area contributed by atoms with E-state index < -0.39 is 46.5 Å². The summed E-state index contributed by atoms with van der Waals surface area (Å²) in [6.45, 7) is 0. The Morgan fingerprint density at radius 2 is 0.306 bits per heavy atom. The van der Waals surface area contributed by atoms with Crippen LogP contribution in [0.1, 0.15) is 38.5 Å². The van der Waals surface area contributed by atoms with Gasteiger partial charge in [0, 0.05) is 0 Å². The Morgan fingerprint density at radius 3 is 0.333 bits per heavy atom. The first-order chi connectivity index (χ1) is 15.0. The van der Waals surface area contributed by atoms with Gasteiger partial charge in [-0.25, -0.2) is 60.4 Å². The van der Waals surface area contributed by atoms with Crippen molar-refractivity contribution in [1.82, 2.24) is 0 Å². The van der Waals surface area contributed by atoms with E-state index in [9.17, 15) is 0 Å². The van der Waals surface area contributed by atoms with Crippen LogP contribution in [0, 0.1) is 0 Å². The van der Waals surface area contributed by atoms with Crippen molar-refractivity contribution in [2.24, 2.45) is 33.0 Å². The normalized spacial score (nSPS) is 13.8. The van der Waals surface area contributed by atoms with Crippen LogP contribution in [0.5, 0.6) is 0 Å². The summed E-state index contributed by atoms with van der Waals surface area (Å²) in [6.07, 6.45) is 9.00. The lowest BCUT2D eigenvalue weighted by Gasteiger charge is -2.05. The highest BCUT2D eigenvalue weighted by atomic mass is 31.2. The second-order valence-corrected chi connectivity index (χ2v) is 12.7. The Labute approximate surface area is 204 Å². The van der Waals surface area contributed by atoms with Gasteiger partial charge in [-0.15, -0.1) is 0 Å². The van der Waals surface area contributed by atoms with E-state index in [2.05, 4.69) is 33.0 Å². The molecule has 0 bridgehead atoms. The van der Waals surface area contributed by atoms with E-state index in [1.165, 1.54) is 38.5 Å². The van der Waals surface area contributed by atoms with E-state index in [-0.39, 0.29) is 0 Å². The van der Waals surface area contributed by atoms with Gasteiger partial charge >= 0.3 is 46.5 Å². The molecule has 0 radical (unpaired) electrons. The predicted molar refractivity (Wildman–Crippen MR) is 125 cm³/mol. The summed E-state index contributed by atoms with van der Waals surface area (Å²) >= 11 is 0. The number of hydrogen-bond donors (Lipinski definition) is 18. The van der Waals surface area contributed by atoms with Gasteiger partial charge in [-0.2, -0.15) is 0 Å². The van der Waals surface area contributed by atoms with Crippen molar-refractivity contribution in [3.05, 3.63) is 0 Å². The zero-order valence-electron chi connectivity index (χ0n) is 18.2. The van der Waals surface area contributed by atoms with Crippen LogP contribution >= 0.6 is 46.5 Å². The molecule has 0 aromatic carbocycles. The van der Waals surface area contributed by atoms with Crippen LogP contribution in [0.4, 0.5) is 0 Å². The number of nitrogens with two attached hydrogens (primary N) is 6. The lowest BCUT2D eigenvalue weighted by Crippen LogP contribution is -1.87. The average molecular weight is 666 g/mol. The van der Waals surface area contributed by atoms with Gasteiger partial charge in [0.15, 0.2) is 0 Å². The van der Waals surface area contributed by atoms with Crippen molar-refractivity contribution in [1.29, 1.82) is 0 Å². The van der Waals surface area contributed by atoms with Gasteiger partial charge in [0.05, 0.1) is 0 Å². The highest BCUT2D eigenvalue weighted by molar-refractivity contribution is 7.50. The molecule has 0 saturated heterocycles. The summed E-state index contributed by atoms with van der Waals surface area (Å²) in [5.74, 6) is 0. The molecule has 228 valence electrons. The van der Waals surface area contributed by atoms with Gasteiger partial charge in [0.1, 0.15) is 0 Å². The zero-order chi connectivity index (χ0) is 31.2. The van der Waals surface area contributed by atoms with E-state index in [4.69, 9.17) is 86.1 Å². The van der Waals surface area contributed by atoms with Gasteiger partial charge in [0.25, 0.3) is 0 Å². The van der Waals surface area contributed by atoms with Crippen LogP contribution in [0.3, 0.4) is 0 Å². The van der Waals surface area contributed by atoms with Crippen molar-refractivity contribution in [3.63, 3.8) is 0 Å². The monoisotopic (exact) mass is 666 g/mol. The van der Waals surface area contributed by atoms with Gasteiger partial charge in [0.2, 0.25) is 0 Å². The fourth-order valence-corrected chi connectivity index (χ4v) is 1.06. The third-order valence-corrected chi connectivity index (χ3v) is 1.50. The Hall–Kier alpha value is 0.660.